The minimum absolute atomic E-state index is 0.165. The monoisotopic (exact) mass is 397 g/mol. The molecule has 150 valence electrons. The molecular formula is C18H18F3N3O4. The van der Waals surface area contributed by atoms with E-state index in [9.17, 15) is 27.6 Å². The number of carbonyl (C=O) groups is 1. The van der Waals surface area contributed by atoms with E-state index in [0.29, 0.717) is 24.9 Å². The molecule has 2 N–H and O–H groups in total. The van der Waals surface area contributed by atoms with Crippen LogP contribution in [0, 0.1) is 0 Å². The minimum atomic E-state index is -4.45. The van der Waals surface area contributed by atoms with Gasteiger partial charge in [0.1, 0.15) is 0 Å². The van der Waals surface area contributed by atoms with E-state index in [2.05, 4.69) is 4.98 Å². The molecule has 10 heteroatoms. The summed E-state index contributed by atoms with van der Waals surface area (Å²) in [7, 11) is 1.20. The van der Waals surface area contributed by atoms with Gasteiger partial charge in [0.15, 0.2) is 5.69 Å². The zero-order chi connectivity index (χ0) is 20.5. The molecule has 0 radical (unpaired) electrons. The van der Waals surface area contributed by atoms with Crippen molar-refractivity contribution in [1.82, 2.24) is 14.9 Å². The van der Waals surface area contributed by atoms with E-state index in [1.165, 1.54) is 18.1 Å². The van der Waals surface area contributed by atoms with Gasteiger partial charge in [0.2, 0.25) is 5.75 Å². The molecule has 1 aliphatic rings. The van der Waals surface area contributed by atoms with Gasteiger partial charge >= 0.3 is 11.9 Å². The van der Waals surface area contributed by atoms with Crippen LogP contribution in [0.4, 0.5) is 13.2 Å². The number of rotatable bonds is 3. The molecule has 0 aliphatic carbocycles. The van der Waals surface area contributed by atoms with Crippen molar-refractivity contribution < 1.29 is 22.7 Å². The highest BCUT2D eigenvalue weighted by molar-refractivity contribution is 5.94. The molecule has 0 saturated carbocycles. The van der Waals surface area contributed by atoms with Crippen LogP contribution in [0.15, 0.2) is 33.9 Å². The number of likely N-dealkylation sites (tertiary alicyclic amines) is 1. The molecule has 1 fully saturated rings. The Labute approximate surface area is 157 Å². The van der Waals surface area contributed by atoms with Crippen molar-refractivity contribution in [3.05, 3.63) is 61.9 Å². The molecule has 1 saturated heterocycles. The van der Waals surface area contributed by atoms with E-state index in [4.69, 9.17) is 4.74 Å². The van der Waals surface area contributed by atoms with E-state index in [1.54, 1.807) is 6.07 Å². The molecule has 1 atom stereocenters. The number of piperidine rings is 1. The molecule has 3 rings (SSSR count). The highest BCUT2D eigenvalue weighted by Crippen LogP contribution is 2.34. The number of hydrogen-bond acceptors (Lipinski definition) is 4. The Morgan fingerprint density at radius 1 is 1.25 bits per heavy atom. The van der Waals surface area contributed by atoms with Crippen molar-refractivity contribution in [2.24, 2.45) is 0 Å². The van der Waals surface area contributed by atoms with Crippen LogP contribution in [-0.2, 0) is 6.18 Å². The average Bonchev–Trinajstić information content (AvgIpc) is 2.66. The number of aromatic nitrogens is 2. The standard InChI is InChI=1S/C18H18F3N3O4/c1-28-14-13(22-17(27)23-15(14)25)16(26)24-7-3-5-11(9-24)10-4-2-6-12(8-10)18(19,20)21/h2,4,6,8,11H,3,5,7,9H2,1H3,(H2,22,23,25,27). The molecule has 7 nitrogen and oxygen atoms in total. The number of alkyl halides is 3. The van der Waals surface area contributed by atoms with Crippen molar-refractivity contribution in [1.29, 1.82) is 0 Å². The molecule has 1 aromatic heterocycles. The number of amides is 1. The largest absolute Gasteiger partial charge is 0.489 e. The fraction of sp³-hybridized carbons (Fsp3) is 0.389. The summed E-state index contributed by atoms with van der Waals surface area (Å²) in [6.07, 6.45) is -3.26. The summed E-state index contributed by atoms with van der Waals surface area (Å²) in [4.78, 5) is 41.8. The van der Waals surface area contributed by atoms with Crippen LogP contribution < -0.4 is 16.0 Å². The summed E-state index contributed by atoms with van der Waals surface area (Å²) in [5, 5.41) is 0. The fourth-order valence-corrected chi connectivity index (χ4v) is 3.38. The fourth-order valence-electron chi connectivity index (χ4n) is 3.38. The van der Waals surface area contributed by atoms with Gasteiger partial charge in [-0.3, -0.25) is 19.6 Å². The van der Waals surface area contributed by atoms with Gasteiger partial charge in [-0.15, -0.1) is 0 Å². The molecule has 1 aliphatic heterocycles. The van der Waals surface area contributed by atoms with Gasteiger partial charge in [-0.05, 0) is 24.5 Å². The molecule has 0 spiro atoms. The van der Waals surface area contributed by atoms with E-state index < -0.39 is 28.9 Å². The van der Waals surface area contributed by atoms with Crippen molar-refractivity contribution >= 4 is 5.91 Å². The zero-order valence-corrected chi connectivity index (χ0v) is 14.9. The molecule has 1 unspecified atom stereocenters. The van der Waals surface area contributed by atoms with E-state index in [-0.39, 0.29) is 23.9 Å². The third-order valence-electron chi connectivity index (χ3n) is 4.71. The third-order valence-corrected chi connectivity index (χ3v) is 4.71. The lowest BCUT2D eigenvalue weighted by Crippen LogP contribution is -2.41. The number of benzene rings is 1. The Morgan fingerprint density at radius 2 is 2.00 bits per heavy atom. The smallest absolute Gasteiger partial charge is 0.416 e. The second-order valence-electron chi connectivity index (χ2n) is 6.53. The molecule has 1 amide bonds. The predicted molar refractivity (Wildman–Crippen MR) is 93.6 cm³/mol. The van der Waals surface area contributed by atoms with E-state index in [1.807, 2.05) is 4.98 Å². The van der Waals surface area contributed by atoms with Crippen LogP contribution in [0.2, 0.25) is 0 Å². The number of ether oxygens (including phenoxy) is 1. The van der Waals surface area contributed by atoms with Crippen molar-refractivity contribution in [2.75, 3.05) is 20.2 Å². The maximum Gasteiger partial charge on any atom is 0.416 e. The lowest BCUT2D eigenvalue weighted by atomic mass is 9.89. The molecule has 1 aromatic carbocycles. The van der Waals surface area contributed by atoms with Gasteiger partial charge in [-0.1, -0.05) is 18.2 Å². The average molecular weight is 397 g/mol. The number of H-pyrrole nitrogens is 2. The lowest BCUT2D eigenvalue weighted by Gasteiger charge is -2.33. The van der Waals surface area contributed by atoms with Gasteiger partial charge in [0, 0.05) is 19.0 Å². The summed E-state index contributed by atoms with van der Waals surface area (Å²) >= 11 is 0. The van der Waals surface area contributed by atoms with Crippen LogP contribution in [0.1, 0.15) is 40.4 Å². The summed E-state index contributed by atoms with van der Waals surface area (Å²) in [5.41, 5.74) is -2.21. The number of hydrogen-bond donors (Lipinski definition) is 2. The maximum absolute atomic E-state index is 13.0. The van der Waals surface area contributed by atoms with Gasteiger partial charge in [-0.25, -0.2) is 4.79 Å². The summed E-state index contributed by atoms with van der Waals surface area (Å²) in [6.45, 7) is 0.518. The van der Waals surface area contributed by atoms with E-state index >= 15 is 0 Å². The first-order valence-corrected chi connectivity index (χ1v) is 8.57. The number of nitrogens with one attached hydrogen (secondary N) is 2. The third kappa shape index (κ3) is 3.95. The van der Waals surface area contributed by atoms with Gasteiger partial charge in [0.25, 0.3) is 11.5 Å². The molecular weight excluding hydrogens is 379 g/mol. The van der Waals surface area contributed by atoms with Gasteiger partial charge < -0.3 is 9.64 Å². The summed E-state index contributed by atoms with van der Waals surface area (Å²) < 4.78 is 43.8. The van der Waals surface area contributed by atoms with Crippen molar-refractivity contribution in [3.8, 4) is 5.75 Å². The first-order chi connectivity index (χ1) is 13.2. The second-order valence-corrected chi connectivity index (χ2v) is 6.53. The highest BCUT2D eigenvalue weighted by atomic mass is 19.4. The van der Waals surface area contributed by atoms with Crippen molar-refractivity contribution in [2.45, 2.75) is 24.9 Å². The molecule has 2 aromatic rings. The normalized spacial score (nSPS) is 17.4. The van der Waals surface area contributed by atoms with Crippen LogP contribution in [0.25, 0.3) is 0 Å². The minimum Gasteiger partial charge on any atom is -0.489 e. The quantitative estimate of drug-likeness (QED) is 0.829. The number of methoxy groups -OCH3 is 1. The Kier molecular flexibility index (Phi) is 5.30. The topological polar surface area (TPSA) is 95.3 Å². The van der Waals surface area contributed by atoms with Gasteiger partial charge in [-0.2, -0.15) is 13.2 Å². The summed E-state index contributed by atoms with van der Waals surface area (Å²) in [6, 6.07) is 5.04. The predicted octanol–water partition coefficient (Wildman–Crippen LogP) is 2.11. The summed E-state index contributed by atoms with van der Waals surface area (Å²) in [5.74, 6) is -1.22. The van der Waals surface area contributed by atoms with Crippen LogP contribution >= 0.6 is 0 Å². The Morgan fingerprint density at radius 3 is 2.68 bits per heavy atom. The van der Waals surface area contributed by atoms with Crippen molar-refractivity contribution in [3.63, 3.8) is 0 Å². The molecule has 28 heavy (non-hydrogen) atoms. The number of aromatic amines is 2. The number of nitrogens with zero attached hydrogens (tertiary/aromatic N) is 1. The van der Waals surface area contributed by atoms with Gasteiger partial charge in [0.05, 0.1) is 12.7 Å². The Hall–Kier alpha value is -3.04. The van der Waals surface area contributed by atoms with E-state index in [0.717, 1.165) is 12.1 Å². The molecule has 0 bridgehead atoms. The first-order valence-electron chi connectivity index (χ1n) is 8.57. The zero-order valence-electron chi connectivity index (χ0n) is 14.9. The second kappa shape index (κ2) is 7.53. The number of halogens is 3. The molecule has 2 heterocycles. The number of carbonyl (C=O) groups excluding carboxylic acids is 1. The Bertz CT molecular complexity index is 997. The van der Waals surface area contributed by atoms with Crippen LogP contribution in [-0.4, -0.2) is 41.0 Å². The SMILES string of the molecule is COc1c(C(=O)N2CCCC(c3cccc(C(F)(F)F)c3)C2)[nH]c(=O)[nH]c1=O. The lowest BCUT2D eigenvalue weighted by molar-refractivity contribution is -0.137. The van der Waals surface area contributed by atoms with Crippen LogP contribution in [0.5, 0.6) is 5.75 Å². The highest BCUT2D eigenvalue weighted by Gasteiger charge is 2.33. The Balaban J connectivity index is 1.88. The maximum atomic E-state index is 13.0. The first kappa shape index (κ1) is 19.7. The van der Waals surface area contributed by atoms with Crippen LogP contribution in [0.3, 0.4) is 0 Å².